The first kappa shape index (κ1) is 13.4. The lowest BCUT2D eigenvalue weighted by Crippen LogP contribution is -2.44. The van der Waals surface area contributed by atoms with E-state index in [1.165, 1.54) is 7.11 Å². The van der Waals surface area contributed by atoms with Crippen LogP contribution >= 0.6 is 0 Å². The normalized spacial score (nSPS) is 18.7. The number of rotatable bonds is 3. The third kappa shape index (κ3) is 2.85. The highest BCUT2D eigenvalue weighted by Gasteiger charge is 2.27. The number of carbonyl (C=O) groups is 1. The quantitative estimate of drug-likeness (QED) is 0.840. The van der Waals surface area contributed by atoms with Crippen molar-refractivity contribution in [3.63, 3.8) is 0 Å². The van der Waals surface area contributed by atoms with Crippen LogP contribution in [-0.4, -0.2) is 24.1 Å². The smallest absolute Gasteiger partial charge is 0.337 e. The van der Waals surface area contributed by atoms with E-state index in [1.807, 2.05) is 54.4 Å². The second-order valence-corrected chi connectivity index (χ2v) is 4.51. The minimum Gasteiger partial charge on any atom is -0.466 e. The number of ether oxygens (including phenoxy) is 1. The Morgan fingerprint density at radius 3 is 2.68 bits per heavy atom. The third-order valence-electron chi connectivity index (χ3n) is 3.21. The third-order valence-corrected chi connectivity index (χ3v) is 3.21. The number of esters is 1. The Hall–Kier alpha value is -2.07. The van der Waals surface area contributed by atoms with Gasteiger partial charge in [0.25, 0.3) is 0 Å². The molecule has 0 saturated heterocycles. The van der Waals surface area contributed by atoms with Crippen LogP contribution in [0, 0.1) is 0 Å². The van der Waals surface area contributed by atoms with Gasteiger partial charge < -0.3 is 15.4 Å². The Bertz CT molecular complexity index is 520. The fourth-order valence-corrected chi connectivity index (χ4v) is 2.13. The van der Waals surface area contributed by atoms with Gasteiger partial charge in [0.05, 0.1) is 12.7 Å². The number of nitrogens with two attached hydrogens (primary N) is 1. The summed E-state index contributed by atoms with van der Waals surface area (Å²) in [4.78, 5) is 13.7. The summed E-state index contributed by atoms with van der Waals surface area (Å²) < 4.78 is 4.79. The SMILES string of the molecule is COC(=O)C1=C(C)C=CN(Cc2ccccc2)C1N. The highest BCUT2D eigenvalue weighted by molar-refractivity contribution is 5.91. The van der Waals surface area contributed by atoms with Crippen LogP contribution in [0.1, 0.15) is 12.5 Å². The molecule has 100 valence electrons. The first-order valence-corrected chi connectivity index (χ1v) is 6.16. The van der Waals surface area contributed by atoms with Crippen molar-refractivity contribution in [2.45, 2.75) is 19.6 Å². The fraction of sp³-hybridized carbons (Fsp3) is 0.267. The van der Waals surface area contributed by atoms with Crippen LogP contribution in [0.25, 0.3) is 0 Å². The van der Waals surface area contributed by atoms with Crippen LogP contribution in [0.2, 0.25) is 0 Å². The van der Waals surface area contributed by atoms with E-state index < -0.39 is 6.17 Å². The van der Waals surface area contributed by atoms with E-state index in [2.05, 4.69) is 0 Å². The molecule has 0 aliphatic carbocycles. The molecule has 0 spiro atoms. The highest BCUT2D eigenvalue weighted by Crippen LogP contribution is 2.21. The Kier molecular flexibility index (Phi) is 4.02. The van der Waals surface area contributed by atoms with Gasteiger partial charge in [0, 0.05) is 12.7 Å². The zero-order valence-corrected chi connectivity index (χ0v) is 11.2. The molecule has 1 atom stereocenters. The largest absolute Gasteiger partial charge is 0.466 e. The monoisotopic (exact) mass is 258 g/mol. The number of hydrogen-bond acceptors (Lipinski definition) is 4. The molecule has 4 nitrogen and oxygen atoms in total. The average molecular weight is 258 g/mol. The van der Waals surface area contributed by atoms with Gasteiger partial charge >= 0.3 is 5.97 Å². The maximum Gasteiger partial charge on any atom is 0.337 e. The van der Waals surface area contributed by atoms with E-state index in [0.717, 1.165) is 11.1 Å². The minimum absolute atomic E-state index is 0.368. The minimum atomic E-state index is -0.474. The first-order chi connectivity index (χ1) is 9.13. The lowest BCUT2D eigenvalue weighted by atomic mass is 10.0. The second kappa shape index (κ2) is 5.71. The lowest BCUT2D eigenvalue weighted by Gasteiger charge is -2.32. The zero-order chi connectivity index (χ0) is 13.8. The predicted molar refractivity (Wildman–Crippen MR) is 73.8 cm³/mol. The number of allylic oxidation sites excluding steroid dienone is 2. The Morgan fingerprint density at radius 1 is 1.37 bits per heavy atom. The topological polar surface area (TPSA) is 55.6 Å². The molecule has 1 aromatic carbocycles. The molecule has 1 heterocycles. The van der Waals surface area contributed by atoms with Crippen molar-refractivity contribution in [1.29, 1.82) is 0 Å². The van der Waals surface area contributed by atoms with Crippen LogP contribution in [-0.2, 0) is 16.1 Å². The molecule has 4 heteroatoms. The van der Waals surface area contributed by atoms with Gasteiger partial charge in [-0.2, -0.15) is 0 Å². The second-order valence-electron chi connectivity index (χ2n) is 4.51. The van der Waals surface area contributed by atoms with Crippen LogP contribution in [0.5, 0.6) is 0 Å². The van der Waals surface area contributed by atoms with Crippen molar-refractivity contribution in [3.05, 3.63) is 59.3 Å². The van der Waals surface area contributed by atoms with Crippen molar-refractivity contribution in [3.8, 4) is 0 Å². The van der Waals surface area contributed by atoms with Crippen LogP contribution in [0.15, 0.2) is 53.8 Å². The van der Waals surface area contributed by atoms with E-state index in [9.17, 15) is 4.79 Å². The molecule has 1 aromatic rings. The maximum absolute atomic E-state index is 11.8. The Labute approximate surface area is 113 Å². The van der Waals surface area contributed by atoms with Gasteiger partial charge in [-0.1, -0.05) is 30.3 Å². The highest BCUT2D eigenvalue weighted by atomic mass is 16.5. The molecule has 1 aliphatic rings. The first-order valence-electron chi connectivity index (χ1n) is 6.16. The summed E-state index contributed by atoms with van der Waals surface area (Å²) in [5, 5.41) is 0. The summed E-state index contributed by atoms with van der Waals surface area (Å²) in [6.07, 6.45) is 3.33. The summed E-state index contributed by atoms with van der Waals surface area (Å²) in [7, 11) is 1.37. The molecule has 0 saturated carbocycles. The summed E-state index contributed by atoms with van der Waals surface area (Å²) in [6, 6.07) is 10.0. The van der Waals surface area contributed by atoms with Gasteiger partial charge in [0.2, 0.25) is 0 Å². The number of methoxy groups -OCH3 is 1. The molecule has 2 rings (SSSR count). The molecular formula is C15H18N2O2. The maximum atomic E-state index is 11.8. The Morgan fingerprint density at radius 2 is 2.05 bits per heavy atom. The molecule has 0 amide bonds. The molecule has 1 aliphatic heterocycles. The fourth-order valence-electron chi connectivity index (χ4n) is 2.13. The van der Waals surface area contributed by atoms with E-state index in [-0.39, 0.29) is 5.97 Å². The van der Waals surface area contributed by atoms with Crippen molar-refractivity contribution in [2.24, 2.45) is 5.73 Å². The zero-order valence-electron chi connectivity index (χ0n) is 11.2. The summed E-state index contributed by atoms with van der Waals surface area (Å²) in [5.74, 6) is -0.368. The molecule has 0 radical (unpaired) electrons. The number of benzene rings is 1. The molecule has 0 aromatic heterocycles. The predicted octanol–water partition coefficient (Wildman–Crippen LogP) is 1.79. The standard InChI is InChI=1S/C15H18N2O2/c1-11-8-9-17(10-12-6-4-3-5-7-12)14(16)13(11)15(18)19-2/h3-9,14H,10,16H2,1-2H3. The molecule has 0 fully saturated rings. The van der Waals surface area contributed by atoms with Gasteiger partial charge in [0.1, 0.15) is 6.17 Å². The summed E-state index contributed by atoms with van der Waals surface area (Å²) >= 11 is 0. The van der Waals surface area contributed by atoms with Crippen molar-refractivity contribution in [2.75, 3.05) is 7.11 Å². The molecule has 2 N–H and O–H groups in total. The van der Waals surface area contributed by atoms with Crippen LogP contribution in [0.3, 0.4) is 0 Å². The summed E-state index contributed by atoms with van der Waals surface area (Å²) in [6.45, 7) is 2.52. The van der Waals surface area contributed by atoms with Crippen molar-refractivity contribution < 1.29 is 9.53 Å². The van der Waals surface area contributed by atoms with Gasteiger partial charge in [-0.05, 0) is 24.1 Å². The molecule has 0 bridgehead atoms. The van der Waals surface area contributed by atoms with E-state index >= 15 is 0 Å². The van der Waals surface area contributed by atoms with E-state index in [0.29, 0.717) is 12.1 Å². The van der Waals surface area contributed by atoms with Gasteiger partial charge in [-0.15, -0.1) is 0 Å². The van der Waals surface area contributed by atoms with Gasteiger partial charge in [0.15, 0.2) is 0 Å². The van der Waals surface area contributed by atoms with Crippen molar-refractivity contribution >= 4 is 5.97 Å². The Balaban J connectivity index is 2.19. The van der Waals surface area contributed by atoms with Gasteiger partial charge in [-0.25, -0.2) is 4.79 Å². The lowest BCUT2D eigenvalue weighted by molar-refractivity contribution is -0.136. The molecular weight excluding hydrogens is 240 g/mol. The van der Waals surface area contributed by atoms with Gasteiger partial charge in [-0.3, -0.25) is 0 Å². The van der Waals surface area contributed by atoms with Crippen LogP contribution in [0.4, 0.5) is 0 Å². The summed E-state index contributed by atoms with van der Waals surface area (Å²) in [5.41, 5.74) is 8.66. The van der Waals surface area contributed by atoms with E-state index in [1.54, 1.807) is 0 Å². The number of carbonyl (C=O) groups excluding carboxylic acids is 1. The average Bonchev–Trinajstić information content (AvgIpc) is 2.43. The van der Waals surface area contributed by atoms with Crippen molar-refractivity contribution in [1.82, 2.24) is 4.90 Å². The molecule has 19 heavy (non-hydrogen) atoms. The number of nitrogens with zero attached hydrogens (tertiary/aromatic N) is 1. The van der Waals surface area contributed by atoms with Crippen LogP contribution < -0.4 is 5.73 Å². The van der Waals surface area contributed by atoms with E-state index in [4.69, 9.17) is 10.5 Å². The molecule has 1 unspecified atom stereocenters. The number of hydrogen-bond donors (Lipinski definition) is 1.